The van der Waals surface area contributed by atoms with Crippen LogP contribution in [0, 0.1) is 0 Å². The zero-order valence-corrected chi connectivity index (χ0v) is 18.4. The molecule has 164 valence electrons. The Morgan fingerprint density at radius 1 is 1.19 bits per heavy atom. The summed E-state index contributed by atoms with van der Waals surface area (Å²) in [5.74, 6) is 0.476. The van der Waals surface area contributed by atoms with E-state index in [2.05, 4.69) is 22.2 Å². The lowest BCUT2D eigenvalue weighted by atomic mass is 10.0. The van der Waals surface area contributed by atoms with Crippen molar-refractivity contribution >= 4 is 23.5 Å². The van der Waals surface area contributed by atoms with Crippen LogP contribution in [0.4, 0.5) is 5.69 Å². The number of fused-ring (bicyclic) bond motifs is 1. The van der Waals surface area contributed by atoms with Gasteiger partial charge in [0.15, 0.2) is 0 Å². The molecule has 0 unspecified atom stereocenters. The van der Waals surface area contributed by atoms with E-state index in [9.17, 15) is 4.79 Å². The fraction of sp³-hybridized carbons (Fsp3) is 0.375. The topological polar surface area (TPSA) is 110 Å². The highest BCUT2D eigenvalue weighted by Crippen LogP contribution is 2.32. The van der Waals surface area contributed by atoms with Gasteiger partial charge in [0.2, 0.25) is 5.91 Å². The summed E-state index contributed by atoms with van der Waals surface area (Å²) in [6, 6.07) is 8.01. The number of aromatic nitrogens is 1. The van der Waals surface area contributed by atoms with Crippen molar-refractivity contribution in [3.8, 4) is 11.1 Å². The molecule has 0 saturated heterocycles. The van der Waals surface area contributed by atoms with Crippen molar-refractivity contribution in [2.24, 2.45) is 16.5 Å². The summed E-state index contributed by atoms with van der Waals surface area (Å²) in [6.45, 7) is 4.85. The van der Waals surface area contributed by atoms with Crippen molar-refractivity contribution in [2.75, 3.05) is 26.7 Å². The first-order chi connectivity index (χ1) is 15.0. The van der Waals surface area contributed by atoms with Gasteiger partial charge in [0.25, 0.3) is 0 Å². The number of carbonyl (C=O) groups is 1. The molecule has 0 spiro atoms. The van der Waals surface area contributed by atoms with E-state index in [0.29, 0.717) is 24.4 Å². The largest absolute Gasteiger partial charge is 0.387 e. The van der Waals surface area contributed by atoms with Gasteiger partial charge < -0.3 is 21.7 Å². The number of rotatable bonds is 9. The molecule has 1 aromatic heterocycles. The minimum atomic E-state index is 0.0351. The van der Waals surface area contributed by atoms with Gasteiger partial charge >= 0.3 is 0 Å². The summed E-state index contributed by atoms with van der Waals surface area (Å²) in [5, 5.41) is 3.14. The van der Waals surface area contributed by atoms with Crippen LogP contribution in [0.2, 0.25) is 0 Å². The molecule has 3 rings (SSSR count). The molecule has 1 aromatic carbocycles. The standard InChI is InChI=1S/C24H32N6O/c1-3-8-30(9-4-7-27-2)24(31)20-11-19-6-5-18(12-22(19)29-23(26)13-20)21-10-17(14-25)15-28-16-21/h5-6,10-12,15-16,27H,3-4,7-9,13-14,25H2,1-2H3,(H2,26,29). The number of hydrogen-bond acceptors (Lipinski definition) is 6. The number of benzene rings is 1. The Morgan fingerprint density at radius 2 is 2.03 bits per heavy atom. The predicted molar refractivity (Wildman–Crippen MR) is 127 cm³/mol. The molecule has 31 heavy (non-hydrogen) atoms. The van der Waals surface area contributed by atoms with Gasteiger partial charge in [-0.2, -0.15) is 0 Å². The molecule has 2 heterocycles. The predicted octanol–water partition coefficient (Wildman–Crippen LogP) is 2.83. The summed E-state index contributed by atoms with van der Waals surface area (Å²) in [6.07, 6.45) is 7.68. The first-order valence-corrected chi connectivity index (χ1v) is 10.8. The first kappa shape index (κ1) is 22.7. The molecule has 1 amide bonds. The van der Waals surface area contributed by atoms with Gasteiger partial charge in [0.1, 0.15) is 5.84 Å². The third-order valence-corrected chi connectivity index (χ3v) is 5.27. The number of aliphatic imine (C=N–C) groups is 1. The van der Waals surface area contributed by atoms with Crippen LogP contribution in [0.5, 0.6) is 0 Å². The average Bonchev–Trinajstić information content (AvgIpc) is 2.95. The Labute approximate surface area is 184 Å². The van der Waals surface area contributed by atoms with E-state index >= 15 is 0 Å². The van der Waals surface area contributed by atoms with E-state index in [1.54, 1.807) is 6.20 Å². The average molecular weight is 421 g/mol. The van der Waals surface area contributed by atoms with Gasteiger partial charge in [0.05, 0.1) is 5.69 Å². The van der Waals surface area contributed by atoms with Gasteiger partial charge in [-0.1, -0.05) is 19.1 Å². The Kier molecular flexibility index (Phi) is 7.92. The molecule has 1 aliphatic rings. The zero-order chi connectivity index (χ0) is 22.2. The van der Waals surface area contributed by atoms with Crippen molar-refractivity contribution in [1.82, 2.24) is 15.2 Å². The number of amidine groups is 1. The lowest BCUT2D eigenvalue weighted by molar-refractivity contribution is -0.127. The second kappa shape index (κ2) is 10.8. The number of hydrogen-bond donors (Lipinski definition) is 3. The molecule has 1 aliphatic heterocycles. The van der Waals surface area contributed by atoms with E-state index in [1.807, 2.05) is 48.5 Å². The molecular weight excluding hydrogens is 388 g/mol. The third kappa shape index (κ3) is 5.77. The number of amides is 1. The number of nitrogens with zero attached hydrogens (tertiary/aromatic N) is 3. The lowest BCUT2D eigenvalue weighted by Gasteiger charge is -2.23. The van der Waals surface area contributed by atoms with Crippen LogP contribution in [0.3, 0.4) is 0 Å². The number of nitrogens with two attached hydrogens (primary N) is 2. The van der Waals surface area contributed by atoms with Crippen LogP contribution in [-0.2, 0) is 11.3 Å². The number of carbonyl (C=O) groups excluding carboxylic acids is 1. The molecule has 0 atom stereocenters. The quantitative estimate of drug-likeness (QED) is 0.541. The molecule has 0 saturated carbocycles. The maximum Gasteiger partial charge on any atom is 0.250 e. The molecule has 0 fully saturated rings. The second-order valence-corrected chi connectivity index (χ2v) is 7.76. The molecule has 0 aliphatic carbocycles. The molecular formula is C24H32N6O. The Balaban J connectivity index is 1.91. The van der Waals surface area contributed by atoms with Crippen LogP contribution in [0.1, 0.15) is 37.3 Å². The van der Waals surface area contributed by atoms with Crippen molar-refractivity contribution < 1.29 is 4.79 Å². The smallest absolute Gasteiger partial charge is 0.250 e. The maximum absolute atomic E-state index is 13.3. The van der Waals surface area contributed by atoms with Crippen LogP contribution in [0.15, 0.2) is 47.2 Å². The first-order valence-electron chi connectivity index (χ1n) is 10.8. The van der Waals surface area contributed by atoms with Gasteiger partial charge in [0, 0.05) is 55.1 Å². The summed E-state index contributed by atoms with van der Waals surface area (Å²) >= 11 is 0. The van der Waals surface area contributed by atoms with E-state index in [-0.39, 0.29) is 5.91 Å². The fourth-order valence-corrected chi connectivity index (χ4v) is 3.70. The van der Waals surface area contributed by atoms with Crippen LogP contribution < -0.4 is 16.8 Å². The third-order valence-electron chi connectivity index (χ3n) is 5.27. The van der Waals surface area contributed by atoms with E-state index < -0.39 is 0 Å². The van der Waals surface area contributed by atoms with Crippen molar-refractivity contribution in [2.45, 2.75) is 32.7 Å². The summed E-state index contributed by atoms with van der Waals surface area (Å²) in [7, 11) is 1.92. The fourth-order valence-electron chi connectivity index (χ4n) is 3.70. The summed E-state index contributed by atoms with van der Waals surface area (Å²) in [4.78, 5) is 24.0. The van der Waals surface area contributed by atoms with Gasteiger partial charge in [-0.05, 0) is 55.8 Å². The number of pyridine rings is 1. The van der Waals surface area contributed by atoms with Crippen LogP contribution in [-0.4, -0.2) is 48.3 Å². The van der Waals surface area contributed by atoms with Crippen LogP contribution in [0.25, 0.3) is 17.2 Å². The van der Waals surface area contributed by atoms with Gasteiger partial charge in [-0.3, -0.25) is 9.78 Å². The second-order valence-electron chi connectivity index (χ2n) is 7.76. The van der Waals surface area contributed by atoms with Crippen molar-refractivity contribution in [3.63, 3.8) is 0 Å². The SMILES string of the molecule is CCCN(CCCNC)C(=O)C1=Cc2ccc(-c3cncc(CN)c3)cc2N=C(N)C1. The molecule has 0 radical (unpaired) electrons. The van der Waals surface area contributed by atoms with Crippen molar-refractivity contribution in [1.29, 1.82) is 0 Å². The Bertz CT molecular complexity index is 982. The Hall–Kier alpha value is -3.03. The zero-order valence-electron chi connectivity index (χ0n) is 18.4. The molecule has 7 heteroatoms. The highest BCUT2D eigenvalue weighted by atomic mass is 16.2. The van der Waals surface area contributed by atoms with Gasteiger partial charge in [-0.15, -0.1) is 0 Å². The Morgan fingerprint density at radius 3 is 2.77 bits per heavy atom. The van der Waals surface area contributed by atoms with E-state index in [1.165, 1.54) is 0 Å². The maximum atomic E-state index is 13.3. The summed E-state index contributed by atoms with van der Waals surface area (Å²) < 4.78 is 0. The molecule has 2 aromatic rings. The van der Waals surface area contributed by atoms with Gasteiger partial charge in [-0.25, -0.2) is 4.99 Å². The minimum Gasteiger partial charge on any atom is -0.387 e. The van der Waals surface area contributed by atoms with E-state index in [4.69, 9.17) is 11.5 Å². The normalized spacial score (nSPS) is 13.1. The van der Waals surface area contributed by atoms with E-state index in [0.717, 1.165) is 60.4 Å². The van der Waals surface area contributed by atoms with Crippen LogP contribution >= 0.6 is 0 Å². The summed E-state index contributed by atoms with van der Waals surface area (Å²) in [5.41, 5.74) is 17.2. The highest BCUT2D eigenvalue weighted by molar-refractivity contribution is 6.05. The molecule has 7 nitrogen and oxygen atoms in total. The molecule has 5 N–H and O–H groups in total. The molecule has 0 bridgehead atoms. The lowest BCUT2D eigenvalue weighted by Crippen LogP contribution is -2.35. The number of nitrogens with one attached hydrogen (secondary N) is 1. The van der Waals surface area contributed by atoms with Crippen molar-refractivity contribution in [3.05, 3.63) is 53.4 Å². The minimum absolute atomic E-state index is 0.0351. The highest BCUT2D eigenvalue weighted by Gasteiger charge is 2.21. The monoisotopic (exact) mass is 420 g/mol.